The maximum absolute atomic E-state index is 11.2. The molecule has 0 aliphatic rings. The molecule has 82 valence electrons. The minimum absolute atomic E-state index is 0.0399. The fourth-order valence-electron chi connectivity index (χ4n) is 1.09. The van der Waals surface area contributed by atoms with Crippen LogP contribution >= 0.6 is 0 Å². The van der Waals surface area contributed by atoms with E-state index in [-0.39, 0.29) is 11.7 Å². The Kier molecular flexibility index (Phi) is 4.52. The fraction of sp³-hybridized carbons (Fsp3) is 0.273. The van der Waals surface area contributed by atoms with E-state index in [4.69, 9.17) is 4.74 Å². The van der Waals surface area contributed by atoms with Crippen molar-refractivity contribution in [3.8, 4) is 0 Å². The minimum Gasteiger partial charge on any atom is -0.361 e. The van der Waals surface area contributed by atoms with Crippen molar-refractivity contribution in [2.24, 2.45) is 0 Å². The average Bonchev–Trinajstić information content (AvgIpc) is 2.19. The highest BCUT2D eigenvalue weighted by atomic mass is 32.2. The third-order valence-electron chi connectivity index (χ3n) is 1.75. The Balaban J connectivity index is 2.37. The number of sulfone groups is 1. The zero-order chi connectivity index (χ0) is 11.1. The van der Waals surface area contributed by atoms with Gasteiger partial charge in [-0.05, 0) is 5.56 Å². The maximum atomic E-state index is 11.2. The van der Waals surface area contributed by atoms with Crippen LogP contribution in [-0.4, -0.2) is 20.1 Å². The average molecular weight is 226 g/mol. The van der Waals surface area contributed by atoms with E-state index >= 15 is 0 Å². The first-order valence-corrected chi connectivity index (χ1v) is 6.39. The standard InChI is InChI=1S/C11H14O3S/c1-2-8-15(12,13)10-14-9-11-6-4-3-5-7-11/h2-7H,1,8-10H2. The van der Waals surface area contributed by atoms with E-state index in [9.17, 15) is 8.42 Å². The Morgan fingerprint density at radius 2 is 1.93 bits per heavy atom. The molecule has 0 aromatic heterocycles. The zero-order valence-corrected chi connectivity index (χ0v) is 9.24. The smallest absolute Gasteiger partial charge is 0.177 e. The van der Waals surface area contributed by atoms with Crippen molar-refractivity contribution in [2.45, 2.75) is 6.61 Å². The topological polar surface area (TPSA) is 43.4 Å². The van der Waals surface area contributed by atoms with Gasteiger partial charge in [-0.2, -0.15) is 0 Å². The molecule has 4 heteroatoms. The van der Waals surface area contributed by atoms with Crippen LogP contribution in [0.25, 0.3) is 0 Å². The Labute approximate surface area is 90.3 Å². The lowest BCUT2D eigenvalue weighted by molar-refractivity contribution is 0.163. The lowest BCUT2D eigenvalue weighted by atomic mass is 10.2. The summed E-state index contributed by atoms with van der Waals surface area (Å²) in [5.41, 5.74) is 0.964. The molecule has 0 unspecified atom stereocenters. The van der Waals surface area contributed by atoms with Crippen molar-refractivity contribution >= 4 is 9.84 Å². The van der Waals surface area contributed by atoms with Gasteiger partial charge in [0.25, 0.3) is 0 Å². The molecule has 15 heavy (non-hydrogen) atoms. The quantitative estimate of drug-likeness (QED) is 0.694. The molecular weight excluding hydrogens is 212 g/mol. The molecule has 3 nitrogen and oxygen atoms in total. The first-order valence-electron chi connectivity index (χ1n) is 4.57. The molecule has 0 spiro atoms. The molecule has 0 aliphatic heterocycles. The van der Waals surface area contributed by atoms with E-state index in [1.165, 1.54) is 6.08 Å². The summed E-state index contributed by atoms with van der Waals surface area (Å²) in [6.45, 7) is 3.69. The van der Waals surface area contributed by atoms with Crippen LogP contribution in [0.2, 0.25) is 0 Å². The summed E-state index contributed by atoms with van der Waals surface area (Å²) in [4.78, 5) is 0. The number of ether oxygens (including phenoxy) is 1. The van der Waals surface area contributed by atoms with E-state index in [0.29, 0.717) is 6.61 Å². The van der Waals surface area contributed by atoms with Crippen LogP contribution < -0.4 is 0 Å². The van der Waals surface area contributed by atoms with Crippen LogP contribution in [-0.2, 0) is 21.2 Å². The third kappa shape index (κ3) is 4.76. The molecule has 0 amide bonds. The monoisotopic (exact) mass is 226 g/mol. The van der Waals surface area contributed by atoms with E-state index < -0.39 is 9.84 Å². The van der Waals surface area contributed by atoms with Gasteiger partial charge in [-0.25, -0.2) is 8.42 Å². The van der Waals surface area contributed by atoms with Gasteiger partial charge < -0.3 is 4.74 Å². The van der Waals surface area contributed by atoms with Crippen LogP contribution in [0.3, 0.4) is 0 Å². The summed E-state index contributed by atoms with van der Waals surface area (Å²) in [5.74, 6) is -0.296. The minimum atomic E-state index is -3.14. The molecule has 0 saturated carbocycles. The van der Waals surface area contributed by atoms with E-state index in [2.05, 4.69) is 6.58 Å². The molecule has 0 fully saturated rings. The Morgan fingerprint density at radius 1 is 1.27 bits per heavy atom. The predicted octanol–water partition coefficient (Wildman–Crippen LogP) is 1.76. The number of hydrogen-bond donors (Lipinski definition) is 0. The maximum Gasteiger partial charge on any atom is 0.177 e. The second-order valence-corrected chi connectivity index (χ2v) is 5.21. The predicted molar refractivity (Wildman–Crippen MR) is 60.1 cm³/mol. The van der Waals surface area contributed by atoms with Crippen molar-refractivity contribution in [3.05, 3.63) is 48.6 Å². The van der Waals surface area contributed by atoms with Crippen LogP contribution in [0, 0.1) is 0 Å². The van der Waals surface area contributed by atoms with E-state index in [1.807, 2.05) is 30.3 Å². The molecule has 0 heterocycles. The Bertz CT molecular complexity index is 395. The van der Waals surface area contributed by atoms with Gasteiger partial charge in [-0.15, -0.1) is 6.58 Å². The van der Waals surface area contributed by atoms with Crippen LogP contribution in [0.1, 0.15) is 5.56 Å². The number of rotatable bonds is 6. The number of benzene rings is 1. The van der Waals surface area contributed by atoms with Gasteiger partial charge in [-0.3, -0.25) is 0 Å². The van der Waals surface area contributed by atoms with Gasteiger partial charge in [0, 0.05) is 0 Å². The summed E-state index contributed by atoms with van der Waals surface area (Å²) < 4.78 is 27.6. The summed E-state index contributed by atoms with van der Waals surface area (Å²) >= 11 is 0. The van der Waals surface area contributed by atoms with Gasteiger partial charge in [-0.1, -0.05) is 36.4 Å². The molecule has 0 atom stereocenters. The first kappa shape index (κ1) is 11.9. The van der Waals surface area contributed by atoms with Gasteiger partial charge in [0.1, 0.15) is 5.94 Å². The summed E-state index contributed by atoms with van der Waals surface area (Å²) in [6, 6.07) is 9.45. The van der Waals surface area contributed by atoms with Crippen LogP contribution in [0.4, 0.5) is 0 Å². The summed E-state index contributed by atoms with van der Waals surface area (Å²) in [5, 5.41) is 0. The van der Waals surface area contributed by atoms with Gasteiger partial charge in [0.2, 0.25) is 0 Å². The van der Waals surface area contributed by atoms with Crippen molar-refractivity contribution in [1.29, 1.82) is 0 Å². The highest BCUT2D eigenvalue weighted by Gasteiger charge is 2.07. The van der Waals surface area contributed by atoms with E-state index in [1.54, 1.807) is 0 Å². The molecule has 0 bridgehead atoms. The van der Waals surface area contributed by atoms with Crippen molar-refractivity contribution in [3.63, 3.8) is 0 Å². The zero-order valence-electron chi connectivity index (χ0n) is 8.43. The van der Waals surface area contributed by atoms with Crippen molar-refractivity contribution in [2.75, 3.05) is 11.7 Å². The fourth-order valence-corrected chi connectivity index (χ4v) is 1.88. The SMILES string of the molecule is C=CCS(=O)(=O)COCc1ccccc1. The molecule has 0 N–H and O–H groups in total. The third-order valence-corrected chi connectivity index (χ3v) is 3.02. The second kappa shape index (κ2) is 5.68. The van der Waals surface area contributed by atoms with Gasteiger partial charge in [0.15, 0.2) is 9.84 Å². The van der Waals surface area contributed by atoms with Crippen LogP contribution in [0.15, 0.2) is 43.0 Å². The first-order chi connectivity index (χ1) is 7.14. The number of hydrogen-bond acceptors (Lipinski definition) is 3. The molecule has 1 aromatic carbocycles. The summed E-state index contributed by atoms with van der Waals surface area (Å²) in [7, 11) is -3.14. The Morgan fingerprint density at radius 3 is 2.53 bits per heavy atom. The Hall–Kier alpha value is -1.13. The van der Waals surface area contributed by atoms with Gasteiger partial charge >= 0.3 is 0 Å². The van der Waals surface area contributed by atoms with Crippen LogP contribution in [0.5, 0.6) is 0 Å². The van der Waals surface area contributed by atoms with Crippen molar-refractivity contribution < 1.29 is 13.2 Å². The molecule has 0 aliphatic carbocycles. The summed E-state index contributed by atoms with van der Waals surface area (Å²) in [6.07, 6.45) is 1.36. The highest BCUT2D eigenvalue weighted by Crippen LogP contribution is 2.02. The largest absolute Gasteiger partial charge is 0.361 e. The molecule has 0 saturated heterocycles. The highest BCUT2D eigenvalue weighted by molar-refractivity contribution is 7.91. The van der Waals surface area contributed by atoms with Crippen molar-refractivity contribution in [1.82, 2.24) is 0 Å². The lowest BCUT2D eigenvalue weighted by Crippen LogP contribution is -2.12. The lowest BCUT2D eigenvalue weighted by Gasteiger charge is -2.03. The molecule has 0 radical (unpaired) electrons. The van der Waals surface area contributed by atoms with Gasteiger partial charge in [0.05, 0.1) is 12.4 Å². The molecular formula is C11H14O3S. The normalized spacial score (nSPS) is 11.2. The second-order valence-electron chi connectivity index (χ2n) is 3.15. The van der Waals surface area contributed by atoms with E-state index in [0.717, 1.165) is 5.56 Å². The molecule has 1 rings (SSSR count). The molecule has 1 aromatic rings.